The molecule has 0 aromatic heterocycles. The Hall–Kier alpha value is -1.53. The van der Waals surface area contributed by atoms with Gasteiger partial charge in [-0.1, -0.05) is 13.0 Å². The standard InChI is InChI=1S/C16H22N2O/c1-13-9-15(13)12-18(2)7-4-8-19-16-6-3-5-14(10-16)11-17/h3,5-6,10,13,15H,4,7-9,12H2,1-2H3. The first-order chi connectivity index (χ1) is 9.19. The molecule has 102 valence electrons. The van der Waals surface area contributed by atoms with Crippen LogP contribution in [-0.4, -0.2) is 31.6 Å². The van der Waals surface area contributed by atoms with Crippen molar-refractivity contribution in [2.24, 2.45) is 11.8 Å². The third-order valence-corrected chi connectivity index (χ3v) is 3.74. The molecule has 19 heavy (non-hydrogen) atoms. The molecule has 0 spiro atoms. The minimum absolute atomic E-state index is 0.650. The lowest BCUT2D eigenvalue weighted by atomic mass is 10.2. The van der Waals surface area contributed by atoms with Gasteiger partial charge in [0.25, 0.3) is 0 Å². The number of rotatable bonds is 7. The first kappa shape index (κ1) is 13.9. The van der Waals surface area contributed by atoms with Gasteiger partial charge in [0.1, 0.15) is 5.75 Å². The van der Waals surface area contributed by atoms with Crippen LogP contribution in [0.25, 0.3) is 0 Å². The van der Waals surface area contributed by atoms with E-state index < -0.39 is 0 Å². The highest BCUT2D eigenvalue weighted by atomic mass is 16.5. The van der Waals surface area contributed by atoms with Crippen LogP contribution in [0.5, 0.6) is 5.75 Å². The van der Waals surface area contributed by atoms with Crippen molar-refractivity contribution < 1.29 is 4.74 Å². The summed E-state index contributed by atoms with van der Waals surface area (Å²) in [6.07, 6.45) is 2.41. The number of nitriles is 1. The van der Waals surface area contributed by atoms with Crippen LogP contribution >= 0.6 is 0 Å². The Balaban J connectivity index is 1.62. The van der Waals surface area contributed by atoms with Gasteiger partial charge in [-0.2, -0.15) is 5.26 Å². The second-order valence-electron chi connectivity index (χ2n) is 5.58. The van der Waals surface area contributed by atoms with Crippen LogP contribution in [0.1, 0.15) is 25.3 Å². The molecule has 0 radical (unpaired) electrons. The molecule has 1 aliphatic rings. The van der Waals surface area contributed by atoms with Crippen molar-refractivity contribution in [3.05, 3.63) is 29.8 Å². The zero-order valence-corrected chi connectivity index (χ0v) is 11.8. The van der Waals surface area contributed by atoms with Crippen molar-refractivity contribution >= 4 is 0 Å². The zero-order valence-electron chi connectivity index (χ0n) is 11.8. The Morgan fingerprint density at radius 2 is 2.26 bits per heavy atom. The first-order valence-corrected chi connectivity index (χ1v) is 7.00. The van der Waals surface area contributed by atoms with E-state index in [2.05, 4.69) is 24.9 Å². The first-order valence-electron chi connectivity index (χ1n) is 7.00. The van der Waals surface area contributed by atoms with E-state index in [9.17, 15) is 0 Å². The highest BCUT2D eigenvalue weighted by Crippen LogP contribution is 2.37. The minimum atomic E-state index is 0.650. The molecule has 0 aliphatic heterocycles. The predicted octanol–water partition coefficient (Wildman–Crippen LogP) is 2.91. The highest BCUT2D eigenvalue weighted by Gasteiger charge is 2.32. The maximum Gasteiger partial charge on any atom is 0.120 e. The molecule has 1 aromatic carbocycles. The van der Waals surface area contributed by atoms with Crippen LogP contribution in [-0.2, 0) is 0 Å². The van der Waals surface area contributed by atoms with Crippen molar-refractivity contribution in [3.8, 4) is 11.8 Å². The molecule has 1 saturated carbocycles. The summed E-state index contributed by atoms with van der Waals surface area (Å²) >= 11 is 0. The second-order valence-corrected chi connectivity index (χ2v) is 5.58. The van der Waals surface area contributed by atoms with Crippen LogP contribution in [0.3, 0.4) is 0 Å². The van der Waals surface area contributed by atoms with E-state index in [-0.39, 0.29) is 0 Å². The van der Waals surface area contributed by atoms with Crippen molar-refractivity contribution in [1.29, 1.82) is 5.26 Å². The molecular weight excluding hydrogens is 236 g/mol. The van der Waals surface area contributed by atoms with Gasteiger partial charge < -0.3 is 9.64 Å². The van der Waals surface area contributed by atoms with Crippen molar-refractivity contribution in [2.75, 3.05) is 26.7 Å². The van der Waals surface area contributed by atoms with E-state index in [1.165, 1.54) is 13.0 Å². The molecule has 2 unspecified atom stereocenters. The third-order valence-electron chi connectivity index (χ3n) is 3.74. The lowest BCUT2D eigenvalue weighted by molar-refractivity contribution is 0.256. The van der Waals surface area contributed by atoms with Gasteiger partial charge in [-0.25, -0.2) is 0 Å². The van der Waals surface area contributed by atoms with Gasteiger partial charge in [0.15, 0.2) is 0 Å². The third kappa shape index (κ3) is 4.57. The molecule has 1 aromatic rings. The largest absolute Gasteiger partial charge is 0.494 e. The van der Waals surface area contributed by atoms with Crippen LogP contribution in [0.15, 0.2) is 24.3 Å². The van der Waals surface area contributed by atoms with Crippen molar-refractivity contribution in [2.45, 2.75) is 19.8 Å². The number of ether oxygens (including phenoxy) is 1. The van der Waals surface area contributed by atoms with Gasteiger partial charge in [-0.05, 0) is 49.9 Å². The van der Waals surface area contributed by atoms with Crippen LogP contribution in [0.4, 0.5) is 0 Å². The fourth-order valence-electron chi connectivity index (χ4n) is 2.32. The van der Waals surface area contributed by atoms with Crippen LogP contribution in [0, 0.1) is 23.2 Å². The van der Waals surface area contributed by atoms with Gasteiger partial charge in [0.05, 0.1) is 18.2 Å². The molecule has 3 nitrogen and oxygen atoms in total. The molecule has 1 fully saturated rings. The molecule has 0 saturated heterocycles. The number of benzene rings is 1. The van der Waals surface area contributed by atoms with Crippen LogP contribution in [0.2, 0.25) is 0 Å². The summed E-state index contributed by atoms with van der Waals surface area (Å²) in [5, 5.41) is 8.81. The molecule has 2 atom stereocenters. The van der Waals surface area contributed by atoms with Gasteiger partial charge >= 0.3 is 0 Å². The lowest BCUT2D eigenvalue weighted by Crippen LogP contribution is -2.23. The summed E-state index contributed by atoms with van der Waals surface area (Å²) in [7, 11) is 2.18. The molecule has 0 amide bonds. The van der Waals surface area contributed by atoms with Gasteiger partial charge in [-0.3, -0.25) is 0 Å². The van der Waals surface area contributed by atoms with E-state index >= 15 is 0 Å². The summed E-state index contributed by atoms with van der Waals surface area (Å²) in [6, 6.07) is 9.45. The fourth-order valence-corrected chi connectivity index (χ4v) is 2.32. The number of hydrogen-bond acceptors (Lipinski definition) is 3. The Labute approximate surface area is 115 Å². The maximum absolute atomic E-state index is 8.81. The van der Waals surface area contributed by atoms with E-state index in [1.54, 1.807) is 12.1 Å². The average molecular weight is 258 g/mol. The molecular formula is C16H22N2O. The van der Waals surface area contributed by atoms with Crippen molar-refractivity contribution in [1.82, 2.24) is 4.90 Å². The Bertz CT molecular complexity index is 452. The molecule has 3 heteroatoms. The number of nitrogens with zero attached hydrogens (tertiary/aromatic N) is 2. The Kier molecular flexibility index (Phi) is 4.81. The average Bonchev–Trinajstić information content (AvgIpc) is 3.10. The summed E-state index contributed by atoms with van der Waals surface area (Å²) in [5.41, 5.74) is 0.650. The van der Waals surface area contributed by atoms with Crippen molar-refractivity contribution in [3.63, 3.8) is 0 Å². The summed E-state index contributed by atoms with van der Waals surface area (Å²) in [5.74, 6) is 2.63. The quantitative estimate of drug-likeness (QED) is 0.706. The topological polar surface area (TPSA) is 36.3 Å². The molecule has 0 bridgehead atoms. The summed E-state index contributed by atoms with van der Waals surface area (Å²) in [6.45, 7) is 5.31. The normalized spacial score (nSPS) is 21.2. The van der Waals surface area contributed by atoms with E-state index in [4.69, 9.17) is 10.00 Å². The minimum Gasteiger partial charge on any atom is -0.494 e. The van der Waals surface area contributed by atoms with Gasteiger partial charge in [0.2, 0.25) is 0 Å². The van der Waals surface area contributed by atoms with E-state index in [0.717, 1.165) is 30.6 Å². The van der Waals surface area contributed by atoms with E-state index in [1.807, 2.05) is 12.1 Å². The Morgan fingerprint density at radius 3 is 2.95 bits per heavy atom. The van der Waals surface area contributed by atoms with Gasteiger partial charge in [0, 0.05) is 13.1 Å². The highest BCUT2D eigenvalue weighted by molar-refractivity contribution is 5.36. The molecule has 1 aliphatic carbocycles. The molecule has 2 rings (SSSR count). The van der Waals surface area contributed by atoms with E-state index in [0.29, 0.717) is 12.2 Å². The zero-order chi connectivity index (χ0) is 13.7. The number of hydrogen-bond donors (Lipinski definition) is 0. The smallest absolute Gasteiger partial charge is 0.120 e. The maximum atomic E-state index is 8.81. The van der Waals surface area contributed by atoms with Gasteiger partial charge in [-0.15, -0.1) is 0 Å². The molecule has 0 heterocycles. The SMILES string of the molecule is CC1CC1CN(C)CCCOc1cccc(C#N)c1. The Morgan fingerprint density at radius 1 is 1.47 bits per heavy atom. The monoisotopic (exact) mass is 258 g/mol. The summed E-state index contributed by atoms with van der Waals surface area (Å²) in [4.78, 5) is 2.39. The van der Waals surface area contributed by atoms with Crippen LogP contribution < -0.4 is 4.74 Å². The second kappa shape index (κ2) is 6.58. The predicted molar refractivity (Wildman–Crippen MR) is 76.0 cm³/mol. The summed E-state index contributed by atoms with van der Waals surface area (Å²) < 4.78 is 5.66. The lowest BCUT2D eigenvalue weighted by Gasteiger charge is -2.16. The molecule has 0 N–H and O–H groups in total. The fraction of sp³-hybridized carbons (Fsp3) is 0.562.